The first-order valence-electron chi connectivity index (χ1n) is 7.87. The van der Waals surface area contributed by atoms with Gasteiger partial charge in [0.05, 0.1) is 5.88 Å². The predicted molar refractivity (Wildman–Crippen MR) is 90.3 cm³/mol. The number of nitrogens with one attached hydrogen (secondary N) is 1. The Morgan fingerprint density at radius 2 is 1.95 bits per heavy atom. The van der Waals surface area contributed by atoms with Crippen molar-refractivity contribution in [3.05, 3.63) is 35.9 Å². The van der Waals surface area contributed by atoms with E-state index in [1.807, 2.05) is 44.2 Å². The van der Waals surface area contributed by atoms with Crippen LogP contribution in [0.15, 0.2) is 30.3 Å². The maximum Gasteiger partial charge on any atom is 0.243 e. The molecule has 0 radical (unpaired) electrons. The summed E-state index contributed by atoms with van der Waals surface area (Å²) in [6, 6.07) is 9.50. The summed E-state index contributed by atoms with van der Waals surface area (Å²) in [6.45, 7) is 4.56. The van der Waals surface area contributed by atoms with Crippen molar-refractivity contribution < 1.29 is 9.59 Å². The maximum atomic E-state index is 12.5. The molecule has 0 saturated carbocycles. The van der Waals surface area contributed by atoms with E-state index in [-0.39, 0.29) is 23.8 Å². The Balaban J connectivity index is 1.94. The molecule has 1 aromatic rings. The smallest absolute Gasteiger partial charge is 0.243 e. The Morgan fingerprint density at radius 1 is 1.27 bits per heavy atom. The zero-order valence-electron chi connectivity index (χ0n) is 13.2. The molecule has 1 aliphatic rings. The normalized spacial score (nSPS) is 17.8. The number of amides is 2. The van der Waals surface area contributed by atoms with Crippen LogP contribution in [0.5, 0.6) is 0 Å². The van der Waals surface area contributed by atoms with E-state index in [0.717, 1.165) is 18.4 Å². The Bertz CT molecular complexity index is 503. The molecule has 2 rings (SSSR count). The van der Waals surface area contributed by atoms with Crippen LogP contribution in [-0.2, 0) is 16.1 Å². The second kappa shape index (κ2) is 8.22. The molecule has 4 nitrogen and oxygen atoms in total. The van der Waals surface area contributed by atoms with E-state index in [1.165, 1.54) is 0 Å². The van der Waals surface area contributed by atoms with E-state index in [1.54, 1.807) is 16.7 Å². The molecule has 5 heteroatoms. The van der Waals surface area contributed by atoms with Gasteiger partial charge < -0.3 is 10.2 Å². The number of hydrogen-bond donors (Lipinski definition) is 1. The molecule has 1 unspecified atom stereocenters. The van der Waals surface area contributed by atoms with Crippen molar-refractivity contribution >= 4 is 23.6 Å². The van der Waals surface area contributed by atoms with E-state index in [0.29, 0.717) is 18.2 Å². The van der Waals surface area contributed by atoms with E-state index in [9.17, 15) is 9.59 Å². The molecule has 1 atom stereocenters. The number of thioether (sulfide) groups is 1. The minimum Gasteiger partial charge on any atom is -0.350 e. The third-order valence-electron chi connectivity index (χ3n) is 4.11. The van der Waals surface area contributed by atoms with Gasteiger partial charge in [-0.05, 0) is 18.4 Å². The molecule has 0 aliphatic carbocycles. The molecule has 1 aliphatic heterocycles. The highest BCUT2D eigenvalue weighted by Gasteiger charge is 2.36. The standard InChI is InChI=1S/C17H24N2O2S/c1-3-14(4-2)17(21)19-12-22-11-15(19)16(20)18-10-13-8-6-5-7-9-13/h5-9,14-15H,3-4,10-12H2,1-2H3,(H,18,20). The lowest BCUT2D eigenvalue weighted by atomic mass is 10.0. The van der Waals surface area contributed by atoms with Crippen LogP contribution in [0.3, 0.4) is 0 Å². The second-order valence-corrected chi connectivity index (χ2v) is 6.54. The minimum atomic E-state index is -0.332. The fourth-order valence-electron chi connectivity index (χ4n) is 2.65. The lowest BCUT2D eigenvalue weighted by Gasteiger charge is -2.26. The second-order valence-electron chi connectivity index (χ2n) is 5.54. The molecule has 0 bridgehead atoms. The number of carbonyl (C=O) groups excluding carboxylic acids is 2. The van der Waals surface area contributed by atoms with E-state index >= 15 is 0 Å². The molecular formula is C17H24N2O2S. The average Bonchev–Trinajstić information content (AvgIpc) is 3.04. The first kappa shape index (κ1) is 16.9. The molecule has 1 aromatic carbocycles. The van der Waals surface area contributed by atoms with Crippen LogP contribution in [0, 0.1) is 5.92 Å². The molecule has 1 heterocycles. The Labute approximate surface area is 136 Å². The van der Waals surface area contributed by atoms with Crippen molar-refractivity contribution in [3.63, 3.8) is 0 Å². The molecule has 0 aromatic heterocycles. The molecule has 0 spiro atoms. The molecule has 1 saturated heterocycles. The van der Waals surface area contributed by atoms with E-state index in [4.69, 9.17) is 0 Å². The Kier molecular flexibility index (Phi) is 6.31. The summed E-state index contributed by atoms with van der Waals surface area (Å²) in [5.41, 5.74) is 1.07. The summed E-state index contributed by atoms with van der Waals surface area (Å²) >= 11 is 1.65. The van der Waals surface area contributed by atoms with Crippen LogP contribution >= 0.6 is 11.8 Å². The lowest BCUT2D eigenvalue weighted by molar-refractivity contribution is -0.141. The summed E-state index contributed by atoms with van der Waals surface area (Å²) in [7, 11) is 0. The van der Waals surface area contributed by atoms with Gasteiger partial charge in [-0.15, -0.1) is 11.8 Å². The summed E-state index contributed by atoms with van der Waals surface area (Å²) < 4.78 is 0. The highest BCUT2D eigenvalue weighted by Crippen LogP contribution is 2.25. The monoisotopic (exact) mass is 320 g/mol. The van der Waals surface area contributed by atoms with Crippen LogP contribution in [-0.4, -0.2) is 34.4 Å². The van der Waals surface area contributed by atoms with Gasteiger partial charge in [-0.2, -0.15) is 0 Å². The highest BCUT2D eigenvalue weighted by molar-refractivity contribution is 7.99. The lowest BCUT2D eigenvalue weighted by Crippen LogP contribution is -2.48. The molecular weight excluding hydrogens is 296 g/mol. The fourth-order valence-corrected chi connectivity index (χ4v) is 3.82. The molecule has 22 heavy (non-hydrogen) atoms. The van der Waals surface area contributed by atoms with E-state index < -0.39 is 0 Å². The summed E-state index contributed by atoms with van der Waals surface area (Å²) in [6.07, 6.45) is 1.66. The van der Waals surface area contributed by atoms with Crippen molar-refractivity contribution in [2.24, 2.45) is 5.92 Å². The summed E-state index contributed by atoms with van der Waals surface area (Å²) in [5.74, 6) is 1.41. The number of nitrogens with zero attached hydrogens (tertiary/aromatic N) is 1. The fraction of sp³-hybridized carbons (Fsp3) is 0.529. The first-order chi connectivity index (χ1) is 10.7. The van der Waals surface area contributed by atoms with Gasteiger partial charge in [0, 0.05) is 18.2 Å². The molecule has 1 fully saturated rings. The molecule has 120 valence electrons. The van der Waals surface area contributed by atoms with Crippen LogP contribution < -0.4 is 5.32 Å². The minimum absolute atomic E-state index is 0.0307. The van der Waals surface area contributed by atoms with Gasteiger partial charge in [-0.1, -0.05) is 44.2 Å². The van der Waals surface area contributed by atoms with Gasteiger partial charge in [0.25, 0.3) is 0 Å². The van der Waals surface area contributed by atoms with Crippen molar-refractivity contribution in [3.8, 4) is 0 Å². The first-order valence-corrected chi connectivity index (χ1v) is 9.02. The average molecular weight is 320 g/mol. The zero-order chi connectivity index (χ0) is 15.9. The zero-order valence-corrected chi connectivity index (χ0v) is 14.1. The number of benzene rings is 1. The Hall–Kier alpha value is -1.49. The van der Waals surface area contributed by atoms with Gasteiger partial charge in [0.1, 0.15) is 6.04 Å². The van der Waals surface area contributed by atoms with Crippen LogP contribution in [0.1, 0.15) is 32.3 Å². The SMILES string of the molecule is CCC(CC)C(=O)N1CSCC1C(=O)NCc1ccccc1. The quantitative estimate of drug-likeness (QED) is 0.876. The van der Waals surface area contributed by atoms with Gasteiger partial charge in [0.15, 0.2) is 0 Å². The van der Waals surface area contributed by atoms with Gasteiger partial charge in [-0.3, -0.25) is 9.59 Å². The van der Waals surface area contributed by atoms with Crippen LogP contribution in [0.4, 0.5) is 0 Å². The maximum absolute atomic E-state index is 12.5. The third-order valence-corrected chi connectivity index (χ3v) is 5.12. The highest BCUT2D eigenvalue weighted by atomic mass is 32.2. The van der Waals surface area contributed by atoms with Gasteiger partial charge in [0.2, 0.25) is 11.8 Å². The van der Waals surface area contributed by atoms with Crippen LogP contribution in [0.25, 0.3) is 0 Å². The van der Waals surface area contributed by atoms with Gasteiger partial charge in [-0.25, -0.2) is 0 Å². The van der Waals surface area contributed by atoms with Crippen molar-refractivity contribution in [1.29, 1.82) is 0 Å². The molecule has 1 N–H and O–H groups in total. The van der Waals surface area contributed by atoms with E-state index in [2.05, 4.69) is 5.32 Å². The number of carbonyl (C=O) groups is 2. The third kappa shape index (κ3) is 4.03. The summed E-state index contributed by atoms with van der Waals surface area (Å²) in [4.78, 5) is 26.7. The number of hydrogen-bond acceptors (Lipinski definition) is 3. The van der Waals surface area contributed by atoms with Crippen molar-refractivity contribution in [1.82, 2.24) is 10.2 Å². The van der Waals surface area contributed by atoms with Crippen molar-refractivity contribution in [2.75, 3.05) is 11.6 Å². The van der Waals surface area contributed by atoms with Gasteiger partial charge >= 0.3 is 0 Å². The topological polar surface area (TPSA) is 49.4 Å². The van der Waals surface area contributed by atoms with Crippen LogP contribution in [0.2, 0.25) is 0 Å². The largest absolute Gasteiger partial charge is 0.350 e. The number of rotatable bonds is 6. The van der Waals surface area contributed by atoms with Crippen molar-refractivity contribution in [2.45, 2.75) is 39.3 Å². The predicted octanol–water partition coefficient (Wildman–Crippen LogP) is 2.64. The summed E-state index contributed by atoms with van der Waals surface area (Å²) in [5, 5.41) is 2.95. The molecule has 2 amide bonds. The Morgan fingerprint density at radius 3 is 2.59 bits per heavy atom.